The predicted molar refractivity (Wildman–Crippen MR) is 132 cm³/mol. The number of β-amino-alcohol motifs (C(OH)–C–C–N with tert-alkyl or cyclic N) is 1. The summed E-state index contributed by atoms with van der Waals surface area (Å²) < 4.78 is 15.7. The van der Waals surface area contributed by atoms with E-state index in [1.54, 1.807) is 24.1 Å². The second-order valence-electron chi connectivity index (χ2n) is 9.11. The lowest BCUT2D eigenvalue weighted by molar-refractivity contribution is -0.126. The molecule has 0 spiro atoms. The molecule has 2 aliphatic heterocycles. The predicted octanol–water partition coefficient (Wildman–Crippen LogP) is 1.46. The molecule has 2 aromatic rings. The summed E-state index contributed by atoms with van der Waals surface area (Å²) >= 11 is 0. The Balaban J connectivity index is 1.35. The number of piperidine rings is 1. The number of hydrogen-bond donors (Lipinski definition) is 2. The lowest BCUT2D eigenvalue weighted by Crippen LogP contribution is -2.52. The van der Waals surface area contributed by atoms with Crippen molar-refractivity contribution in [2.24, 2.45) is 0 Å². The standard InChI is InChI=1S/C26H34N4O6/c1-34-20-6-4-5-17(13-20)15-27-24(32)22-14-19(31)16-30(22)18-9-11-29(12-10-18)26(33)21-7-8-23(35-2)28-25(21)36-3/h4-8,13,18-19,22,31H,9-12,14-16H2,1-3H3,(H,27,32)/t19-,22+/m1/s1. The molecule has 2 saturated heterocycles. The molecule has 2 aliphatic rings. The van der Waals surface area contributed by atoms with Crippen LogP contribution < -0.4 is 19.5 Å². The Labute approximate surface area is 211 Å². The SMILES string of the molecule is COc1cccc(CNC(=O)[C@@H]2C[C@@H](O)CN2C2CCN(C(=O)c3ccc(OC)nc3OC)CC2)c1. The molecule has 1 aromatic carbocycles. The smallest absolute Gasteiger partial charge is 0.259 e. The molecule has 2 atom stereocenters. The maximum Gasteiger partial charge on any atom is 0.259 e. The number of nitrogens with one attached hydrogen (secondary N) is 1. The Bertz CT molecular complexity index is 1070. The number of aromatic nitrogens is 1. The van der Waals surface area contributed by atoms with Gasteiger partial charge in [0.25, 0.3) is 5.91 Å². The third-order valence-corrected chi connectivity index (χ3v) is 6.91. The van der Waals surface area contributed by atoms with Crippen LogP contribution in [0.5, 0.6) is 17.5 Å². The van der Waals surface area contributed by atoms with E-state index in [4.69, 9.17) is 14.2 Å². The number of aliphatic hydroxyl groups is 1. The van der Waals surface area contributed by atoms with Crippen LogP contribution >= 0.6 is 0 Å². The van der Waals surface area contributed by atoms with Crippen LogP contribution in [0.2, 0.25) is 0 Å². The van der Waals surface area contributed by atoms with Crippen molar-refractivity contribution in [3.05, 3.63) is 47.5 Å². The van der Waals surface area contributed by atoms with Crippen molar-refractivity contribution >= 4 is 11.8 Å². The summed E-state index contributed by atoms with van der Waals surface area (Å²) in [6.45, 7) is 1.93. The van der Waals surface area contributed by atoms with E-state index in [1.807, 2.05) is 24.3 Å². The number of rotatable bonds is 8. The fourth-order valence-corrected chi connectivity index (χ4v) is 5.02. The molecule has 10 heteroatoms. The molecule has 0 unspecified atom stereocenters. The van der Waals surface area contributed by atoms with Gasteiger partial charge < -0.3 is 29.5 Å². The second kappa shape index (κ2) is 11.6. The highest BCUT2D eigenvalue weighted by Gasteiger charge is 2.41. The van der Waals surface area contributed by atoms with E-state index in [1.165, 1.54) is 14.2 Å². The average Bonchev–Trinajstić information content (AvgIpc) is 3.32. The van der Waals surface area contributed by atoms with Crippen LogP contribution in [0, 0.1) is 0 Å². The number of likely N-dealkylation sites (tertiary alicyclic amines) is 2. The topological polar surface area (TPSA) is 113 Å². The van der Waals surface area contributed by atoms with Crippen molar-refractivity contribution < 1.29 is 28.9 Å². The summed E-state index contributed by atoms with van der Waals surface area (Å²) in [5.74, 6) is 1.11. The van der Waals surface area contributed by atoms with E-state index in [0.717, 1.165) is 11.3 Å². The molecular formula is C26H34N4O6. The van der Waals surface area contributed by atoms with Crippen molar-refractivity contribution in [2.75, 3.05) is 41.0 Å². The van der Waals surface area contributed by atoms with Gasteiger partial charge in [0.1, 0.15) is 11.3 Å². The van der Waals surface area contributed by atoms with E-state index in [-0.39, 0.29) is 23.7 Å². The number of nitrogens with zero attached hydrogens (tertiary/aromatic N) is 3. The van der Waals surface area contributed by atoms with E-state index < -0.39 is 12.1 Å². The average molecular weight is 499 g/mol. The van der Waals surface area contributed by atoms with Gasteiger partial charge in [0.2, 0.25) is 17.7 Å². The largest absolute Gasteiger partial charge is 0.497 e. The number of carbonyl (C=O) groups is 2. The van der Waals surface area contributed by atoms with Gasteiger partial charge in [-0.3, -0.25) is 14.5 Å². The number of methoxy groups -OCH3 is 3. The minimum Gasteiger partial charge on any atom is -0.497 e. The molecule has 2 amide bonds. The van der Waals surface area contributed by atoms with E-state index in [9.17, 15) is 14.7 Å². The fraction of sp³-hybridized carbons (Fsp3) is 0.500. The summed E-state index contributed by atoms with van der Waals surface area (Å²) in [5.41, 5.74) is 1.34. The number of carbonyl (C=O) groups excluding carboxylic acids is 2. The van der Waals surface area contributed by atoms with Crippen molar-refractivity contribution in [3.8, 4) is 17.5 Å². The lowest BCUT2D eigenvalue weighted by atomic mass is 10.0. The quantitative estimate of drug-likeness (QED) is 0.563. The number of benzene rings is 1. The summed E-state index contributed by atoms with van der Waals surface area (Å²) in [4.78, 5) is 34.3. The molecule has 1 aromatic heterocycles. The highest BCUT2D eigenvalue weighted by molar-refractivity contribution is 5.96. The molecule has 0 bridgehead atoms. The van der Waals surface area contributed by atoms with Crippen LogP contribution in [-0.2, 0) is 11.3 Å². The zero-order valence-corrected chi connectivity index (χ0v) is 21.0. The van der Waals surface area contributed by atoms with Crippen molar-refractivity contribution in [3.63, 3.8) is 0 Å². The molecule has 4 rings (SSSR count). The molecule has 2 N–H and O–H groups in total. The maximum atomic E-state index is 13.1. The van der Waals surface area contributed by atoms with Gasteiger partial charge in [-0.2, -0.15) is 4.98 Å². The molecule has 3 heterocycles. The minimum absolute atomic E-state index is 0.0954. The first-order valence-electron chi connectivity index (χ1n) is 12.2. The molecule has 0 radical (unpaired) electrons. The van der Waals surface area contributed by atoms with Gasteiger partial charge in [-0.25, -0.2) is 0 Å². The van der Waals surface area contributed by atoms with E-state index in [0.29, 0.717) is 56.9 Å². The molecular weight excluding hydrogens is 464 g/mol. The Morgan fingerprint density at radius 2 is 1.86 bits per heavy atom. The number of hydrogen-bond acceptors (Lipinski definition) is 8. The van der Waals surface area contributed by atoms with Crippen LogP contribution in [0.3, 0.4) is 0 Å². The highest BCUT2D eigenvalue weighted by atomic mass is 16.5. The van der Waals surface area contributed by atoms with Crippen LogP contribution in [0.4, 0.5) is 0 Å². The zero-order chi connectivity index (χ0) is 25.7. The van der Waals surface area contributed by atoms with Gasteiger partial charge in [-0.15, -0.1) is 0 Å². The van der Waals surface area contributed by atoms with Gasteiger partial charge in [0, 0.05) is 38.3 Å². The molecule has 194 valence electrons. The first-order valence-corrected chi connectivity index (χ1v) is 12.2. The Morgan fingerprint density at radius 1 is 1.08 bits per heavy atom. The summed E-state index contributed by atoms with van der Waals surface area (Å²) in [6, 6.07) is 10.6. The van der Waals surface area contributed by atoms with Crippen LogP contribution in [0.15, 0.2) is 36.4 Å². The Hall–Kier alpha value is -3.37. The van der Waals surface area contributed by atoms with Gasteiger partial charge >= 0.3 is 0 Å². The van der Waals surface area contributed by atoms with E-state index in [2.05, 4.69) is 15.2 Å². The zero-order valence-electron chi connectivity index (χ0n) is 21.0. The highest BCUT2D eigenvalue weighted by Crippen LogP contribution is 2.28. The van der Waals surface area contributed by atoms with Crippen molar-refractivity contribution in [1.82, 2.24) is 20.1 Å². The first-order chi connectivity index (χ1) is 17.4. The van der Waals surface area contributed by atoms with Crippen molar-refractivity contribution in [1.29, 1.82) is 0 Å². The minimum atomic E-state index is -0.549. The third kappa shape index (κ3) is 5.71. The third-order valence-electron chi connectivity index (χ3n) is 6.91. The summed E-state index contributed by atoms with van der Waals surface area (Å²) in [6.07, 6.45) is 1.28. The van der Waals surface area contributed by atoms with Crippen LogP contribution in [-0.4, -0.2) is 90.9 Å². The molecule has 0 aliphatic carbocycles. The monoisotopic (exact) mass is 498 g/mol. The molecule has 2 fully saturated rings. The molecule has 36 heavy (non-hydrogen) atoms. The molecule has 10 nitrogen and oxygen atoms in total. The van der Waals surface area contributed by atoms with Gasteiger partial charge in [-0.05, 0) is 43.0 Å². The second-order valence-corrected chi connectivity index (χ2v) is 9.11. The number of amides is 2. The Morgan fingerprint density at radius 3 is 2.56 bits per heavy atom. The summed E-state index contributed by atoms with van der Waals surface area (Å²) in [5, 5.41) is 13.4. The first kappa shape index (κ1) is 25.7. The van der Waals surface area contributed by atoms with Gasteiger partial charge in [-0.1, -0.05) is 12.1 Å². The van der Waals surface area contributed by atoms with Crippen LogP contribution in [0.25, 0.3) is 0 Å². The fourth-order valence-electron chi connectivity index (χ4n) is 5.02. The number of ether oxygens (including phenoxy) is 3. The van der Waals surface area contributed by atoms with Gasteiger partial charge in [0.05, 0.1) is 33.5 Å². The van der Waals surface area contributed by atoms with Crippen LogP contribution in [0.1, 0.15) is 35.2 Å². The Kier molecular flexibility index (Phi) is 8.27. The van der Waals surface area contributed by atoms with Gasteiger partial charge in [0.15, 0.2) is 0 Å². The van der Waals surface area contributed by atoms with Crippen molar-refractivity contribution in [2.45, 2.75) is 44.0 Å². The lowest BCUT2D eigenvalue weighted by Gasteiger charge is -2.39. The molecule has 0 saturated carbocycles. The number of pyridine rings is 1. The normalized spacial score (nSPS) is 20.7. The summed E-state index contributed by atoms with van der Waals surface area (Å²) in [7, 11) is 4.59. The van der Waals surface area contributed by atoms with E-state index >= 15 is 0 Å². The maximum absolute atomic E-state index is 13.1. The number of aliphatic hydroxyl groups excluding tert-OH is 1.